The van der Waals surface area contributed by atoms with Crippen molar-refractivity contribution in [2.45, 2.75) is 17.6 Å². The van der Waals surface area contributed by atoms with Gasteiger partial charge >= 0.3 is 5.97 Å². The molecule has 11 heteroatoms. The SMILES string of the molecule is C=NN(/C=C(\C)C(=O)O)c1nc2cc(Cl)c(S(=O)(=O)Cc3cccc(Cl)c3)cc2[nH]1. The lowest BCUT2D eigenvalue weighted by molar-refractivity contribution is -0.132. The van der Waals surface area contributed by atoms with E-state index in [1.807, 2.05) is 0 Å². The van der Waals surface area contributed by atoms with E-state index in [2.05, 4.69) is 21.8 Å². The van der Waals surface area contributed by atoms with Crippen molar-refractivity contribution in [2.24, 2.45) is 5.10 Å². The zero-order valence-electron chi connectivity index (χ0n) is 15.6. The summed E-state index contributed by atoms with van der Waals surface area (Å²) in [4.78, 5) is 18.2. The quantitative estimate of drug-likeness (QED) is 0.305. The number of carbonyl (C=O) groups is 1. The molecule has 0 aliphatic heterocycles. The molecule has 0 unspecified atom stereocenters. The second-order valence-corrected chi connectivity index (χ2v) is 9.15. The molecule has 3 rings (SSSR count). The van der Waals surface area contributed by atoms with Gasteiger partial charge in [0.1, 0.15) is 0 Å². The Balaban J connectivity index is 2.02. The number of aromatic nitrogens is 2. The van der Waals surface area contributed by atoms with E-state index < -0.39 is 15.8 Å². The van der Waals surface area contributed by atoms with Crippen LogP contribution >= 0.6 is 23.2 Å². The molecule has 0 amide bonds. The van der Waals surface area contributed by atoms with Gasteiger partial charge in [-0.15, -0.1) is 0 Å². The van der Waals surface area contributed by atoms with Gasteiger partial charge in [-0.3, -0.25) is 0 Å². The summed E-state index contributed by atoms with van der Waals surface area (Å²) in [5, 5.41) is 14.3. The van der Waals surface area contributed by atoms with Crippen LogP contribution in [0.25, 0.3) is 11.0 Å². The third-order valence-corrected chi connectivity index (χ3v) is 6.51. The van der Waals surface area contributed by atoms with Crippen LogP contribution < -0.4 is 5.01 Å². The number of aliphatic carboxylic acids is 1. The van der Waals surface area contributed by atoms with Gasteiger partial charge in [0.25, 0.3) is 0 Å². The fourth-order valence-electron chi connectivity index (χ4n) is 2.68. The number of fused-ring (bicyclic) bond motifs is 1. The van der Waals surface area contributed by atoms with Crippen LogP contribution in [0, 0.1) is 0 Å². The molecular weight excluding hydrogens is 451 g/mol. The molecule has 0 aliphatic carbocycles. The van der Waals surface area contributed by atoms with Crippen LogP contribution in [-0.2, 0) is 20.4 Å². The number of aromatic amines is 1. The Labute approximate surface area is 182 Å². The van der Waals surface area contributed by atoms with Crippen molar-refractivity contribution >= 4 is 62.7 Å². The van der Waals surface area contributed by atoms with Gasteiger partial charge in [0.05, 0.1) is 32.3 Å². The Bertz CT molecular complexity index is 1280. The predicted molar refractivity (Wildman–Crippen MR) is 117 cm³/mol. The molecule has 0 saturated carbocycles. The zero-order valence-corrected chi connectivity index (χ0v) is 18.0. The molecule has 1 heterocycles. The van der Waals surface area contributed by atoms with E-state index in [-0.39, 0.29) is 27.2 Å². The molecule has 0 bridgehead atoms. The number of hydrogen-bond acceptors (Lipinski definition) is 6. The maximum atomic E-state index is 12.9. The fraction of sp³-hybridized carbons (Fsp3) is 0.105. The number of halogens is 2. The molecule has 8 nitrogen and oxygen atoms in total. The number of nitrogens with one attached hydrogen (secondary N) is 1. The van der Waals surface area contributed by atoms with Gasteiger partial charge in [0.15, 0.2) is 9.84 Å². The van der Waals surface area contributed by atoms with Crippen molar-refractivity contribution < 1.29 is 18.3 Å². The van der Waals surface area contributed by atoms with Crippen molar-refractivity contribution in [3.8, 4) is 0 Å². The van der Waals surface area contributed by atoms with Gasteiger partial charge < -0.3 is 10.1 Å². The number of imidazole rings is 1. The molecular formula is C19H16Cl2N4O4S. The molecule has 0 atom stereocenters. The average Bonchev–Trinajstić information content (AvgIpc) is 3.07. The number of carboxylic acids is 1. The van der Waals surface area contributed by atoms with Crippen molar-refractivity contribution in [1.82, 2.24) is 9.97 Å². The lowest BCUT2D eigenvalue weighted by Crippen LogP contribution is -2.11. The lowest BCUT2D eigenvalue weighted by Gasteiger charge is -2.09. The van der Waals surface area contributed by atoms with Gasteiger partial charge in [0.2, 0.25) is 5.95 Å². The summed E-state index contributed by atoms with van der Waals surface area (Å²) in [5.41, 5.74) is 1.30. The summed E-state index contributed by atoms with van der Waals surface area (Å²) in [6, 6.07) is 9.35. The first kappa shape index (κ1) is 21.8. The molecule has 156 valence electrons. The van der Waals surface area contributed by atoms with Gasteiger partial charge in [0, 0.05) is 17.9 Å². The number of hydrazone groups is 1. The molecule has 0 spiro atoms. The standard InChI is InChI=1S/C19H16Cl2N4O4S/c1-11(18(26)27)9-25(22-2)19-23-15-7-14(21)17(8-16(15)24-19)30(28,29)10-12-4-3-5-13(20)6-12/h3-9H,2,10H2,1H3,(H,23,24)(H,26,27)/b11-9+. The number of benzene rings is 2. The first-order valence-corrected chi connectivity index (χ1v) is 10.9. The number of nitrogens with zero attached hydrogens (tertiary/aromatic N) is 3. The molecule has 0 saturated heterocycles. The minimum absolute atomic E-state index is 0.00526. The summed E-state index contributed by atoms with van der Waals surface area (Å²) in [6.45, 7) is 4.78. The molecule has 3 aromatic rings. The largest absolute Gasteiger partial charge is 0.478 e. The Morgan fingerprint density at radius 3 is 2.70 bits per heavy atom. The van der Waals surface area contributed by atoms with Crippen molar-refractivity contribution in [3.05, 3.63) is 63.8 Å². The van der Waals surface area contributed by atoms with Crippen LogP contribution in [-0.4, -0.2) is 36.2 Å². The topological polar surface area (TPSA) is 116 Å². The second kappa shape index (κ2) is 8.47. The molecule has 0 radical (unpaired) electrons. The normalized spacial score (nSPS) is 12.2. The number of carboxylic acid groups (broad SMARTS) is 1. The van der Waals surface area contributed by atoms with Gasteiger partial charge in [-0.2, -0.15) is 5.10 Å². The van der Waals surface area contributed by atoms with Crippen molar-refractivity contribution in [1.29, 1.82) is 0 Å². The lowest BCUT2D eigenvalue weighted by atomic mass is 10.2. The van der Waals surface area contributed by atoms with Crippen LogP contribution in [0.3, 0.4) is 0 Å². The fourth-order valence-corrected chi connectivity index (χ4v) is 4.83. The number of hydrogen-bond donors (Lipinski definition) is 2. The van der Waals surface area contributed by atoms with Crippen LogP contribution in [0.1, 0.15) is 12.5 Å². The Kier molecular flexibility index (Phi) is 6.16. The molecule has 0 aliphatic rings. The van der Waals surface area contributed by atoms with Gasteiger partial charge in [-0.05, 0) is 36.8 Å². The van der Waals surface area contributed by atoms with Gasteiger partial charge in [-0.25, -0.2) is 23.2 Å². The minimum Gasteiger partial charge on any atom is -0.478 e. The first-order chi connectivity index (χ1) is 14.1. The second-order valence-electron chi connectivity index (χ2n) is 6.35. The van der Waals surface area contributed by atoms with E-state index in [1.54, 1.807) is 24.3 Å². The maximum Gasteiger partial charge on any atom is 0.332 e. The van der Waals surface area contributed by atoms with E-state index in [0.29, 0.717) is 21.6 Å². The molecule has 30 heavy (non-hydrogen) atoms. The molecule has 1 aromatic heterocycles. The maximum absolute atomic E-state index is 12.9. The van der Waals surface area contributed by atoms with E-state index >= 15 is 0 Å². The highest BCUT2D eigenvalue weighted by Gasteiger charge is 2.22. The summed E-state index contributed by atoms with van der Waals surface area (Å²) in [5.74, 6) is -1.25. The summed E-state index contributed by atoms with van der Waals surface area (Å²) >= 11 is 12.2. The van der Waals surface area contributed by atoms with E-state index in [9.17, 15) is 13.2 Å². The summed E-state index contributed by atoms with van der Waals surface area (Å²) in [6.07, 6.45) is 1.23. The Morgan fingerprint density at radius 1 is 1.33 bits per heavy atom. The van der Waals surface area contributed by atoms with Crippen LogP contribution in [0.5, 0.6) is 0 Å². The van der Waals surface area contributed by atoms with Crippen LogP contribution in [0.2, 0.25) is 10.0 Å². The third-order valence-electron chi connectivity index (χ3n) is 4.13. The van der Waals surface area contributed by atoms with Crippen LogP contribution in [0.4, 0.5) is 5.95 Å². The van der Waals surface area contributed by atoms with E-state index in [0.717, 1.165) is 5.01 Å². The van der Waals surface area contributed by atoms with Gasteiger partial charge in [-0.1, -0.05) is 35.3 Å². The molecule has 2 N–H and O–H groups in total. The summed E-state index contributed by atoms with van der Waals surface area (Å²) < 4.78 is 25.8. The monoisotopic (exact) mass is 466 g/mol. The number of sulfone groups is 1. The average molecular weight is 467 g/mol. The Hall–Kier alpha value is -2.88. The highest BCUT2D eigenvalue weighted by molar-refractivity contribution is 7.90. The molecule has 2 aromatic carbocycles. The number of H-pyrrole nitrogens is 1. The van der Waals surface area contributed by atoms with Crippen LogP contribution in [0.15, 0.2) is 58.2 Å². The number of anilines is 1. The Morgan fingerprint density at radius 2 is 2.07 bits per heavy atom. The molecule has 0 fully saturated rings. The smallest absolute Gasteiger partial charge is 0.332 e. The van der Waals surface area contributed by atoms with E-state index in [1.165, 1.54) is 25.3 Å². The summed E-state index contributed by atoms with van der Waals surface area (Å²) in [7, 11) is -3.78. The van der Waals surface area contributed by atoms with Crippen molar-refractivity contribution in [3.63, 3.8) is 0 Å². The first-order valence-electron chi connectivity index (χ1n) is 8.45. The zero-order chi connectivity index (χ0) is 22.1. The highest BCUT2D eigenvalue weighted by atomic mass is 35.5. The highest BCUT2D eigenvalue weighted by Crippen LogP contribution is 2.30. The number of rotatable bonds is 7. The predicted octanol–water partition coefficient (Wildman–Crippen LogP) is 4.25. The van der Waals surface area contributed by atoms with Crippen molar-refractivity contribution in [2.75, 3.05) is 5.01 Å². The minimum atomic E-state index is -3.78. The third kappa shape index (κ3) is 4.64. The van der Waals surface area contributed by atoms with E-state index in [4.69, 9.17) is 28.3 Å².